The third-order valence-electron chi connectivity index (χ3n) is 2.97. The number of halogens is 1. The van der Waals surface area contributed by atoms with Gasteiger partial charge >= 0.3 is 0 Å². The van der Waals surface area contributed by atoms with Gasteiger partial charge < -0.3 is 9.68 Å². The van der Waals surface area contributed by atoms with Gasteiger partial charge in [-0.25, -0.2) is 0 Å². The number of nitro groups is 1. The van der Waals surface area contributed by atoms with E-state index in [-0.39, 0.29) is 15.3 Å². The highest BCUT2D eigenvalue weighted by atomic mass is 127. The first-order chi connectivity index (χ1) is 10.1. The fourth-order valence-electron chi connectivity index (χ4n) is 1.95. The van der Waals surface area contributed by atoms with E-state index in [1.165, 1.54) is 6.08 Å². The smallest absolute Gasteiger partial charge is 0.295 e. The van der Waals surface area contributed by atoms with Crippen LogP contribution in [0.2, 0.25) is 0 Å². The van der Waals surface area contributed by atoms with E-state index >= 15 is 0 Å². The lowest BCUT2D eigenvalue weighted by Gasteiger charge is -2.18. The van der Waals surface area contributed by atoms with Crippen LogP contribution < -0.4 is 10.6 Å². The van der Waals surface area contributed by atoms with Gasteiger partial charge in [-0.15, -0.1) is 5.90 Å². The predicted molar refractivity (Wildman–Crippen MR) is 86.6 cm³/mol. The molecule has 1 aromatic carbocycles. The standard InChI is InChI=1S/C13H12IN3O4/c1-20-9-4-2-8(3-5-9)10-6-7-11(17(18)19)13(12(10)14)16-21-15/h2-7,12H,15H2,1H3/b16-13-. The molecule has 7 nitrogen and oxygen atoms in total. The second-order valence-corrected chi connectivity index (χ2v) is 5.35. The molecule has 1 aliphatic rings. The van der Waals surface area contributed by atoms with E-state index in [1.807, 2.05) is 24.3 Å². The Balaban J connectivity index is 2.44. The molecule has 2 rings (SSSR count). The van der Waals surface area contributed by atoms with Crippen molar-refractivity contribution < 1.29 is 14.6 Å². The van der Waals surface area contributed by atoms with Gasteiger partial charge in [0, 0.05) is 6.08 Å². The Bertz CT molecular complexity index is 637. The van der Waals surface area contributed by atoms with Crippen molar-refractivity contribution in [2.75, 3.05) is 7.11 Å². The van der Waals surface area contributed by atoms with Crippen LogP contribution in [0.3, 0.4) is 0 Å². The number of allylic oxidation sites excluding steroid dienone is 4. The van der Waals surface area contributed by atoms with Gasteiger partial charge in [-0.1, -0.05) is 46.0 Å². The van der Waals surface area contributed by atoms with Crippen molar-refractivity contribution >= 4 is 33.9 Å². The van der Waals surface area contributed by atoms with Crippen molar-refractivity contribution in [2.24, 2.45) is 11.1 Å². The van der Waals surface area contributed by atoms with Crippen LogP contribution in [0, 0.1) is 10.1 Å². The van der Waals surface area contributed by atoms with Gasteiger partial charge in [0.25, 0.3) is 5.70 Å². The molecule has 0 saturated carbocycles. The summed E-state index contributed by atoms with van der Waals surface area (Å²) in [5.41, 5.74) is 1.84. The van der Waals surface area contributed by atoms with E-state index in [9.17, 15) is 10.1 Å². The summed E-state index contributed by atoms with van der Waals surface area (Å²) in [6.45, 7) is 0. The average Bonchev–Trinajstić information content (AvgIpc) is 2.49. The Morgan fingerprint density at radius 2 is 2.00 bits per heavy atom. The minimum Gasteiger partial charge on any atom is -0.497 e. The van der Waals surface area contributed by atoms with Gasteiger partial charge in [-0.2, -0.15) is 0 Å². The Hall–Kier alpha value is -1.94. The van der Waals surface area contributed by atoms with Crippen LogP contribution in [0.15, 0.2) is 47.3 Å². The third kappa shape index (κ3) is 3.22. The molecule has 21 heavy (non-hydrogen) atoms. The highest BCUT2D eigenvalue weighted by Gasteiger charge is 2.33. The molecule has 110 valence electrons. The normalized spacial score (nSPS) is 19.8. The largest absolute Gasteiger partial charge is 0.497 e. The molecule has 0 spiro atoms. The van der Waals surface area contributed by atoms with E-state index < -0.39 is 4.92 Å². The molecule has 0 fully saturated rings. The van der Waals surface area contributed by atoms with E-state index in [2.05, 4.69) is 32.7 Å². The lowest BCUT2D eigenvalue weighted by atomic mass is 9.94. The Kier molecular flexibility index (Phi) is 4.91. The van der Waals surface area contributed by atoms with Crippen LogP contribution in [0.1, 0.15) is 5.56 Å². The fraction of sp³-hybridized carbons (Fsp3) is 0.154. The maximum absolute atomic E-state index is 11.0. The van der Waals surface area contributed by atoms with Crippen LogP contribution in [-0.2, 0) is 4.94 Å². The molecule has 1 aliphatic carbocycles. The summed E-state index contributed by atoms with van der Waals surface area (Å²) < 4.78 is 4.77. The summed E-state index contributed by atoms with van der Waals surface area (Å²) in [6, 6.07) is 7.40. The number of nitrogens with two attached hydrogens (primary N) is 1. The zero-order valence-corrected chi connectivity index (χ0v) is 13.2. The summed E-state index contributed by atoms with van der Waals surface area (Å²) in [5.74, 6) is 5.67. The van der Waals surface area contributed by atoms with Crippen LogP contribution in [0.5, 0.6) is 5.75 Å². The molecule has 0 heterocycles. The lowest BCUT2D eigenvalue weighted by molar-refractivity contribution is -0.415. The van der Waals surface area contributed by atoms with Crippen LogP contribution in [0.4, 0.5) is 0 Å². The number of hydrogen-bond acceptors (Lipinski definition) is 6. The molecule has 1 aromatic rings. The van der Waals surface area contributed by atoms with Crippen molar-refractivity contribution in [3.8, 4) is 5.75 Å². The Morgan fingerprint density at radius 3 is 2.52 bits per heavy atom. The molecule has 0 aliphatic heterocycles. The second kappa shape index (κ2) is 6.68. The molecule has 0 bridgehead atoms. The molecule has 0 saturated heterocycles. The Labute approximate surface area is 134 Å². The molecule has 2 N–H and O–H groups in total. The van der Waals surface area contributed by atoms with Gasteiger partial charge in [0.15, 0.2) is 5.71 Å². The molecule has 8 heteroatoms. The highest BCUT2D eigenvalue weighted by molar-refractivity contribution is 14.1. The van der Waals surface area contributed by atoms with Crippen molar-refractivity contribution in [3.05, 3.63) is 57.8 Å². The first kappa shape index (κ1) is 15.4. The van der Waals surface area contributed by atoms with Crippen LogP contribution in [0.25, 0.3) is 5.57 Å². The maximum Gasteiger partial charge on any atom is 0.295 e. The minimum absolute atomic E-state index is 0.128. The summed E-state index contributed by atoms with van der Waals surface area (Å²) in [6.07, 6.45) is 3.10. The SMILES string of the molecule is COc1ccc(C2=CC=C([N+](=O)[O-])/C(=N/ON)C2I)cc1. The van der Waals surface area contributed by atoms with Crippen LogP contribution in [-0.4, -0.2) is 21.7 Å². The zero-order chi connectivity index (χ0) is 15.4. The molecule has 1 atom stereocenters. The summed E-state index contributed by atoms with van der Waals surface area (Å²) >= 11 is 2.06. The number of ether oxygens (including phenoxy) is 1. The minimum atomic E-state index is -0.509. The van der Waals surface area contributed by atoms with E-state index in [4.69, 9.17) is 10.6 Å². The topological polar surface area (TPSA) is 100.0 Å². The third-order valence-corrected chi connectivity index (χ3v) is 4.23. The number of benzene rings is 1. The van der Waals surface area contributed by atoms with Gasteiger partial charge in [0.05, 0.1) is 16.0 Å². The predicted octanol–water partition coefficient (Wildman–Crippen LogP) is 2.30. The van der Waals surface area contributed by atoms with Gasteiger partial charge in [-0.05, 0) is 23.3 Å². The molecule has 0 amide bonds. The zero-order valence-electron chi connectivity index (χ0n) is 11.0. The quantitative estimate of drug-likeness (QED) is 0.361. The van der Waals surface area contributed by atoms with E-state index in [0.717, 1.165) is 16.9 Å². The number of alkyl halides is 1. The number of rotatable bonds is 4. The second-order valence-electron chi connectivity index (χ2n) is 4.10. The van der Waals surface area contributed by atoms with E-state index in [1.54, 1.807) is 13.2 Å². The molecule has 0 aromatic heterocycles. The molecule has 0 radical (unpaired) electrons. The van der Waals surface area contributed by atoms with Crippen molar-refractivity contribution in [3.63, 3.8) is 0 Å². The van der Waals surface area contributed by atoms with Crippen molar-refractivity contribution in [1.82, 2.24) is 0 Å². The number of hydrogen-bond donors (Lipinski definition) is 1. The summed E-state index contributed by atoms with van der Waals surface area (Å²) in [7, 11) is 1.59. The number of oxime groups is 1. The number of methoxy groups -OCH3 is 1. The molecular formula is C13H12IN3O4. The highest BCUT2D eigenvalue weighted by Crippen LogP contribution is 2.32. The fourth-order valence-corrected chi connectivity index (χ4v) is 2.95. The summed E-state index contributed by atoms with van der Waals surface area (Å²) in [4.78, 5) is 14.8. The first-order valence-corrected chi connectivity index (χ1v) is 7.12. The Morgan fingerprint density at radius 1 is 1.33 bits per heavy atom. The average molecular weight is 401 g/mol. The lowest BCUT2D eigenvalue weighted by Crippen LogP contribution is -2.26. The maximum atomic E-state index is 11.0. The van der Waals surface area contributed by atoms with Gasteiger partial charge in [-0.3, -0.25) is 10.1 Å². The van der Waals surface area contributed by atoms with Gasteiger partial charge in [0.2, 0.25) is 0 Å². The first-order valence-electron chi connectivity index (χ1n) is 5.87. The number of nitrogens with zero attached hydrogens (tertiary/aromatic N) is 2. The molecular weight excluding hydrogens is 389 g/mol. The van der Waals surface area contributed by atoms with Crippen LogP contribution >= 0.6 is 22.6 Å². The molecule has 1 unspecified atom stereocenters. The van der Waals surface area contributed by atoms with E-state index in [0.29, 0.717) is 0 Å². The van der Waals surface area contributed by atoms with Crippen molar-refractivity contribution in [1.29, 1.82) is 0 Å². The monoisotopic (exact) mass is 401 g/mol. The van der Waals surface area contributed by atoms with Gasteiger partial charge in [0.1, 0.15) is 5.75 Å². The summed E-state index contributed by atoms with van der Waals surface area (Å²) in [5, 5.41) is 14.6. The van der Waals surface area contributed by atoms with Crippen molar-refractivity contribution in [2.45, 2.75) is 3.92 Å².